The molecule has 0 aliphatic heterocycles. The molecule has 0 radical (unpaired) electrons. The monoisotopic (exact) mass is 227 g/mol. The van der Waals surface area contributed by atoms with Crippen molar-refractivity contribution in [3.63, 3.8) is 0 Å². The fourth-order valence-electron chi connectivity index (χ4n) is 2.54. The SMILES string of the molecule is CCC(CC)(C(=O)O)N(CC1CC1)C(C)C. The summed E-state index contributed by atoms with van der Waals surface area (Å²) < 4.78 is 0. The Morgan fingerprint density at radius 1 is 1.38 bits per heavy atom. The van der Waals surface area contributed by atoms with Crippen molar-refractivity contribution < 1.29 is 9.90 Å². The first kappa shape index (κ1) is 13.5. The van der Waals surface area contributed by atoms with Crippen molar-refractivity contribution in [2.45, 2.75) is 65.0 Å². The first-order valence-corrected chi connectivity index (χ1v) is 6.48. The molecule has 94 valence electrons. The van der Waals surface area contributed by atoms with Gasteiger partial charge in [-0.3, -0.25) is 9.69 Å². The van der Waals surface area contributed by atoms with E-state index in [1.165, 1.54) is 12.8 Å². The molecule has 0 aromatic heterocycles. The van der Waals surface area contributed by atoms with Crippen LogP contribution in [0.3, 0.4) is 0 Å². The van der Waals surface area contributed by atoms with Crippen LogP contribution in [0.1, 0.15) is 53.4 Å². The number of rotatable bonds is 7. The summed E-state index contributed by atoms with van der Waals surface area (Å²) in [5.74, 6) is 0.0751. The fraction of sp³-hybridized carbons (Fsp3) is 0.923. The van der Waals surface area contributed by atoms with Crippen LogP contribution in [0.4, 0.5) is 0 Å². The summed E-state index contributed by atoms with van der Waals surface area (Å²) in [5.41, 5.74) is -0.656. The molecule has 0 aromatic rings. The molecule has 16 heavy (non-hydrogen) atoms. The zero-order valence-corrected chi connectivity index (χ0v) is 11.0. The Hall–Kier alpha value is -0.570. The van der Waals surface area contributed by atoms with Gasteiger partial charge < -0.3 is 5.11 Å². The topological polar surface area (TPSA) is 40.5 Å². The van der Waals surface area contributed by atoms with E-state index in [0.717, 1.165) is 12.5 Å². The van der Waals surface area contributed by atoms with E-state index in [2.05, 4.69) is 18.7 Å². The van der Waals surface area contributed by atoms with Gasteiger partial charge in [-0.25, -0.2) is 0 Å². The highest BCUT2D eigenvalue weighted by atomic mass is 16.4. The highest BCUT2D eigenvalue weighted by Crippen LogP contribution is 2.35. The molecule has 0 aromatic carbocycles. The molecule has 0 amide bonds. The van der Waals surface area contributed by atoms with Gasteiger partial charge in [0, 0.05) is 12.6 Å². The third kappa shape index (κ3) is 2.57. The van der Waals surface area contributed by atoms with Crippen LogP contribution in [0.15, 0.2) is 0 Å². The van der Waals surface area contributed by atoms with E-state index in [4.69, 9.17) is 0 Å². The lowest BCUT2D eigenvalue weighted by molar-refractivity contribution is -0.154. The van der Waals surface area contributed by atoms with Crippen molar-refractivity contribution >= 4 is 5.97 Å². The van der Waals surface area contributed by atoms with Crippen molar-refractivity contribution in [3.05, 3.63) is 0 Å². The van der Waals surface area contributed by atoms with Gasteiger partial charge in [-0.15, -0.1) is 0 Å². The third-order valence-corrected chi connectivity index (χ3v) is 3.89. The van der Waals surface area contributed by atoms with E-state index in [1.807, 2.05) is 13.8 Å². The van der Waals surface area contributed by atoms with Gasteiger partial charge in [0.15, 0.2) is 0 Å². The van der Waals surface area contributed by atoms with Gasteiger partial charge in [-0.05, 0) is 45.4 Å². The van der Waals surface area contributed by atoms with Gasteiger partial charge in [0.2, 0.25) is 0 Å². The molecule has 0 heterocycles. The second kappa shape index (κ2) is 5.17. The van der Waals surface area contributed by atoms with Gasteiger partial charge in [-0.1, -0.05) is 13.8 Å². The maximum atomic E-state index is 11.6. The number of carboxylic acid groups (broad SMARTS) is 1. The summed E-state index contributed by atoms with van der Waals surface area (Å²) in [6.07, 6.45) is 3.91. The Morgan fingerprint density at radius 3 is 2.12 bits per heavy atom. The zero-order chi connectivity index (χ0) is 12.3. The summed E-state index contributed by atoms with van der Waals surface area (Å²) >= 11 is 0. The Kier molecular flexibility index (Phi) is 4.36. The lowest BCUT2D eigenvalue weighted by atomic mass is 9.89. The molecule has 0 saturated heterocycles. The van der Waals surface area contributed by atoms with Crippen LogP contribution in [0.2, 0.25) is 0 Å². The Balaban J connectivity index is 2.88. The predicted molar refractivity (Wildman–Crippen MR) is 65.5 cm³/mol. The second-order valence-corrected chi connectivity index (χ2v) is 5.23. The maximum absolute atomic E-state index is 11.6. The van der Waals surface area contributed by atoms with Crippen LogP contribution in [-0.4, -0.2) is 34.1 Å². The summed E-state index contributed by atoms with van der Waals surface area (Å²) in [6, 6.07) is 0.302. The summed E-state index contributed by atoms with van der Waals surface area (Å²) in [6.45, 7) is 9.13. The van der Waals surface area contributed by atoms with E-state index in [1.54, 1.807) is 0 Å². The standard InChI is InChI=1S/C13H25NO2/c1-5-13(6-2,12(15)16)14(10(3)4)9-11-7-8-11/h10-11H,5-9H2,1-4H3,(H,15,16). The van der Waals surface area contributed by atoms with Gasteiger partial charge >= 0.3 is 5.97 Å². The Labute approximate surface area is 98.8 Å². The molecule has 1 N–H and O–H groups in total. The van der Waals surface area contributed by atoms with Crippen molar-refractivity contribution in [2.24, 2.45) is 5.92 Å². The van der Waals surface area contributed by atoms with Crippen molar-refractivity contribution in [1.29, 1.82) is 0 Å². The minimum Gasteiger partial charge on any atom is -0.480 e. The summed E-state index contributed by atoms with van der Waals surface area (Å²) in [5, 5.41) is 9.53. The van der Waals surface area contributed by atoms with Gasteiger partial charge in [0.05, 0.1) is 0 Å². The zero-order valence-electron chi connectivity index (χ0n) is 11.0. The van der Waals surface area contributed by atoms with E-state index in [9.17, 15) is 9.90 Å². The Bertz CT molecular complexity index is 242. The molecule has 0 spiro atoms. The average Bonchev–Trinajstić information content (AvgIpc) is 3.01. The van der Waals surface area contributed by atoms with Gasteiger partial charge in [0.1, 0.15) is 5.54 Å². The van der Waals surface area contributed by atoms with E-state index in [-0.39, 0.29) is 0 Å². The van der Waals surface area contributed by atoms with Crippen LogP contribution < -0.4 is 0 Å². The van der Waals surface area contributed by atoms with Crippen molar-refractivity contribution in [1.82, 2.24) is 4.90 Å². The molecular weight excluding hydrogens is 202 g/mol. The molecule has 3 heteroatoms. The van der Waals surface area contributed by atoms with E-state index in [0.29, 0.717) is 18.9 Å². The number of nitrogens with zero attached hydrogens (tertiary/aromatic N) is 1. The van der Waals surface area contributed by atoms with Gasteiger partial charge in [0.25, 0.3) is 0 Å². The van der Waals surface area contributed by atoms with Crippen LogP contribution in [-0.2, 0) is 4.79 Å². The molecular formula is C13H25NO2. The van der Waals surface area contributed by atoms with E-state index >= 15 is 0 Å². The second-order valence-electron chi connectivity index (χ2n) is 5.23. The number of hydrogen-bond donors (Lipinski definition) is 1. The Morgan fingerprint density at radius 2 is 1.88 bits per heavy atom. The van der Waals surface area contributed by atoms with Gasteiger partial charge in [-0.2, -0.15) is 0 Å². The summed E-state index contributed by atoms with van der Waals surface area (Å²) in [7, 11) is 0. The fourth-order valence-corrected chi connectivity index (χ4v) is 2.54. The van der Waals surface area contributed by atoms with Crippen LogP contribution in [0.25, 0.3) is 0 Å². The molecule has 0 bridgehead atoms. The quantitative estimate of drug-likeness (QED) is 0.727. The molecule has 1 fully saturated rings. The highest BCUT2D eigenvalue weighted by Gasteiger charge is 2.44. The summed E-state index contributed by atoms with van der Waals surface area (Å²) in [4.78, 5) is 13.8. The van der Waals surface area contributed by atoms with Crippen LogP contribution >= 0.6 is 0 Å². The van der Waals surface area contributed by atoms with Crippen LogP contribution in [0.5, 0.6) is 0 Å². The average molecular weight is 227 g/mol. The lowest BCUT2D eigenvalue weighted by Crippen LogP contribution is -2.57. The van der Waals surface area contributed by atoms with Crippen molar-refractivity contribution in [3.8, 4) is 0 Å². The molecule has 1 rings (SSSR count). The highest BCUT2D eigenvalue weighted by molar-refractivity contribution is 5.78. The number of hydrogen-bond acceptors (Lipinski definition) is 2. The first-order valence-electron chi connectivity index (χ1n) is 6.48. The minimum atomic E-state index is -0.660. The van der Waals surface area contributed by atoms with Crippen LogP contribution in [0, 0.1) is 5.92 Å². The molecule has 1 aliphatic carbocycles. The molecule has 1 saturated carbocycles. The number of carbonyl (C=O) groups is 1. The lowest BCUT2D eigenvalue weighted by Gasteiger charge is -2.42. The maximum Gasteiger partial charge on any atom is 0.324 e. The third-order valence-electron chi connectivity index (χ3n) is 3.89. The first-order chi connectivity index (χ1) is 7.47. The van der Waals surface area contributed by atoms with E-state index < -0.39 is 11.5 Å². The van der Waals surface area contributed by atoms with Crippen molar-refractivity contribution in [2.75, 3.05) is 6.54 Å². The number of aliphatic carboxylic acids is 1. The normalized spacial score (nSPS) is 17.1. The largest absolute Gasteiger partial charge is 0.480 e. The molecule has 1 aliphatic rings. The predicted octanol–water partition coefficient (Wildman–Crippen LogP) is 2.75. The molecule has 0 unspecified atom stereocenters. The smallest absolute Gasteiger partial charge is 0.324 e. The molecule has 0 atom stereocenters. The molecule has 3 nitrogen and oxygen atoms in total. The number of carboxylic acids is 1. The minimum absolute atomic E-state index is 0.302.